The van der Waals surface area contributed by atoms with Gasteiger partial charge in [-0.05, 0) is 35.2 Å². The van der Waals surface area contributed by atoms with E-state index >= 15 is 0 Å². The van der Waals surface area contributed by atoms with E-state index in [2.05, 4.69) is 0 Å². The first-order valence-corrected chi connectivity index (χ1v) is 10.8. The van der Waals surface area contributed by atoms with Crippen molar-refractivity contribution >= 4 is 22.4 Å². The van der Waals surface area contributed by atoms with Crippen molar-refractivity contribution in [3.05, 3.63) is 107 Å². The molecule has 1 heterocycles. The van der Waals surface area contributed by atoms with Crippen LogP contribution in [0, 0.1) is 0 Å². The van der Waals surface area contributed by atoms with Crippen LogP contribution >= 0.6 is 11.6 Å². The Hall–Kier alpha value is -1.98. The minimum atomic E-state index is -1.41. The van der Waals surface area contributed by atoms with Gasteiger partial charge in [-0.25, -0.2) is 0 Å². The van der Waals surface area contributed by atoms with Crippen molar-refractivity contribution in [3.8, 4) is 0 Å². The van der Waals surface area contributed by atoms with Crippen LogP contribution in [0.3, 0.4) is 0 Å². The molecule has 4 rings (SSSR count). The van der Waals surface area contributed by atoms with E-state index in [0.29, 0.717) is 28.1 Å². The van der Waals surface area contributed by atoms with Gasteiger partial charge in [-0.15, -0.1) is 0 Å². The highest BCUT2D eigenvalue weighted by molar-refractivity contribution is 7.87. The van der Waals surface area contributed by atoms with E-state index in [4.69, 9.17) is 11.6 Å². The van der Waals surface area contributed by atoms with E-state index in [1.54, 1.807) is 24.3 Å². The van der Waals surface area contributed by atoms with Crippen LogP contribution in [-0.4, -0.2) is 24.9 Å². The summed E-state index contributed by atoms with van der Waals surface area (Å²) in [6.07, 6.45) is -0.401. The van der Waals surface area contributed by atoms with Crippen LogP contribution in [0.4, 0.5) is 0 Å². The molecule has 1 fully saturated rings. The number of halogens is 1. The Morgan fingerprint density at radius 1 is 0.893 bits per heavy atom. The molecule has 1 saturated heterocycles. The molecule has 2 N–H and O–H groups in total. The predicted molar refractivity (Wildman–Crippen MR) is 113 cm³/mol. The van der Waals surface area contributed by atoms with Crippen LogP contribution in [0.1, 0.15) is 29.2 Å². The van der Waals surface area contributed by atoms with Crippen molar-refractivity contribution in [2.45, 2.75) is 28.6 Å². The molecule has 0 saturated carbocycles. The van der Waals surface area contributed by atoms with Gasteiger partial charge in [-0.3, -0.25) is 4.21 Å². The van der Waals surface area contributed by atoms with Gasteiger partial charge >= 0.3 is 0 Å². The lowest BCUT2D eigenvalue weighted by molar-refractivity contribution is 0.0571. The highest BCUT2D eigenvalue weighted by Gasteiger charge is 2.54. The van der Waals surface area contributed by atoms with Crippen LogP contribution < -0.4 is 0 Å². The summed E-state index contributed by atoms with van der Waals surface area (Å²) in [5.41, 5.74) is 0.728. The normalized spacial score (nSPS) is 23.0. The topological polar surface area (TPSA) is 57.5 Å². The summed E-state index contributed by atoms with van der Waals surface area (Å²) in [7, 11) is -1.41. The van der Waals surface area contributed by atoms with Gasteiger partial charge in [0, 0.05) is 15.8 Å². The quantitative estimate of drug-likeness (QED) is 0.660. The third-order valence-corrected chi connectivity index (χ3v) is 7.88. The van der Waals surface area contributed by atoms with Crippen molar-refractivity contribution < 1.29 is 14.4 Å². The van der Waals surface area contributed by atoms with Crippen molar-refractivity contribution in [2.24, 2.45) is 0 Å². The maximum absolute atomic E-state index is 13.2. The second-order valence-electron chi connectivity index (χ2n) is 7.09. The lowest BCUT2D eigenvalue weighted by Gasteiger charge is -2.46. The zero-order valence-corrected chi connectivity index (χ0v) is 16.7. The van der Waals surface area contributed by atoms with E-state index in [-0.39, 0.29) is 0 Å². The first-order valence-electron chi connectivity index (χ1n) is 9.18. The van der Waals surface area contributed by atoms with Gasteiger partial charge in [-0.2, -0.15) is 0 Å². The summed E-state index contributed by atoms with van der Waals surface area (Å²) in [5, 5.41) is 22.1. The molecule has 3 nitrogen and oxygen atoms in total. The number of hydrogen-bond acceptors (Lipinski definition) is 3. The molecular weight excluding hydrogens is 392 g/mol. The standard InChI is InChI=1S/C23H21ClO3S/c24-19-13-11-16(12-14-19)22(25)20-15-21(28(20)27)23(26,17-7-3-1-4-8-17)18-9-5-2-6-10-18/h1-14,20-22,25-26H,15H2/t20-,21-,22?,28?/m0/s1. The Bertz CT molecular complexity index is 921. The molecule has 0 radical (unpaired) electrons. The molecule has 4 atom stereocenters. The third-order valence-electron chi connectivity index (χ3n) is 5.48. The largest absolute Gasteiger partial charge is 0.387 e. The molecule has 0 bridgehead atoms. The van der Waals surface area contributed by atoms with E-state index in [9.17, 15) is 14.4 Å². The Kier molecular flexibility index (Phi) is 5.39. The van der Waals surface area contributed by atoms with Crippen molar-refractivity contribution in [1.29, 1.82) is 0 Å². The van der Waals surface area contributed by atoms with Gasteiger partial charge in [0.25, 0.3) is 0 Å². The van der Waals surface area contributed by atoms with Crippen molar-refractivity contribution in [1.82, 2.24) is 0 Å². The van der Waals surface area contributed by atoms with Gasteiger partial charge in [-0.1, -0.05) is 84.4 Å². The predicted octanol–water partition coefficient (Wildman–Crippen LogP) is 4.20. The van der Waals surface area contributed by atoms with Gasteiger partial charge in [0.1, 0.15) is 5.60 Å². The second-order valence-corrected chi connectivity index (χ2v) is 9.35. The number of hydrogen-bond donors (Lipinski definition) is 2. The molecular formula is C23H21ClO3S. The van der Waals surface area contributed by atoms with E-state index in [0.717, 1.165) is 0 Å². The minimum Gasteiger partial charge on any atom is -0.387 e. The van der Waals surface area contributed by atoms with Gasteiger partial charge in [0.2, 0.25) is 0 Å². The van der Waals surface area contributed by atoms with E-state index in [1.165, 1.54) is 0 Å². The summed E-state index contributed by atoms with van der Waals surface area (Å²) < 4.78 is 13.2. The molecule has 0 aromatic heterocycles. The first-order chi connectivity index (χ1) is 13.5. The summed E-state index contributed by atoms with van der Waals surface area (Å²) >= 11 is 5.92. The molecule has 5 heteroatoms. The highest BCUT2D eigenvalue weighted by atomic mass is 35.5. The highest BCUT2D eigenvalue weighted by Crippen LogP contribution is 2.47. The lowest BCUT2D eigenvalue weighted by atomic mass is 9.80. The van der Waals surface area contributed by atoms with Crippen LogP contribution in [-0.2, 0) is 16.4 Å². The third kappa shape index (κ3) is 3.31. The average molecular weight is 413 g/mol. The van der Waals surface area contributed by atoms with Gasteiger partial charge in [0.15, 0.2) is 0 Å². The Morgan fingerprint density at radius 3 is 1.86 bits per heavy atom. The zero-order chi connectivity index (χ0) is 19.7. The summed E-state index contributed by atoms with van der Waals surface area (Å²) in [6, 6.07) is 25.6. The fourth-order valence-electron chi connectivity index (χ4n) is 3.88. The molecule has 3 aromatic carbocycles. The van der Waals surface area contributed by atoms with E-state index < -0.39 is 33.0 Å². The Morgan fingerprint density at radius 2 is 1.39 bits per heavy atom. The van der Waals surface area contributed by atoms with Crippen LogP contribution in [0.5, 0.6) is 0 Å². The SMILES string of the molecule is O=S1[C@H](C(O)(c2ccccc2)c2ccccc2)C[C@H]1C(O)c1ccc(Cl)cc1. The Labute approximate surface area is 172 Å². The average Bonchev–Trinajstić information content (AvgIpc) is 2.74. The van der Waals surface area contributed by atoms with Crippen molar-refractivity contribution in [2.75, 3.05) is 0 Å². The molecule has 28 heavy (non-hydrogen) atoms. The number of aliphatic hydroxyl groups excluding tert-OH is 1. The second kappa shape index (κ2) is 7.80. The van der Waals surface area contributed by atoms with Gasteiger partial charge < -0.3 is 10.2 Å². The molecule has 0 spiro atoms. The number of rotatable bonds is 5. The maximum atomic E-state index is 13.2. The number of aliphatic hydroxyl groups is 2. The molecule has 1 aliphatic heterocycles. The monoisotopic (exact) mass is 412 g/mol. The summed E-state index contributed by atoms with van der Waals surface area (Å²) in [4.78, 5) is 0. The fraction of sp³-hybridized carbons (Fsp3) is 0.217. The van der Waals surface area contributed by atoms with Crippen molar-refractivity contribution in [3.63, 3.8) is 0 Å². The van der Waals surface area contributed by atoms with E-state index in [1.807, 2.05) is 60.7 Å². The summed E-state index contributed by atoms with van der Waals surface area (Å²) in [5.74, 6) is 0. The zero-order valence-electron chi connectivity index (χ0n) is 15.1. The summed E-state index contributed by atoms with van der Waals surface area (Å²) in [6.45, 7) is 0. The van der Waals surface area contributed by atoms with Crippen LogP contribution in [0.2, 0.25) is 5.02 Å². The molecule has 2 unspecified atom stereocenters. The fourth-order valence-corrected chi connectivity index (χ4v) is 5.87. The minimum absolute atomic E-state index is 0.426. The molecule has 144 valence electrons. The first kappa shape index (κ1) is 19.3. The van der Waals surface area contributed by atoms with Crippen LogP contribution in [0.15, 0.2) is 84.9 Å². The van der Waals surface area contributed by atoms with Gasteiger partial charge in [0.05, 0.1) is 16.6 Å². The van der Waals surface area contributed by atoms with Crippen LogP contribution in [0.25, 0.3) is 0 Å². The maximum Gasteiger partial charge on any atom is 0.129 e. The molecule has 3 aromatic rings. The lowest BCUT2D eigenvalue weighted by Crippen LogP contribution is -2.56. The Balaban J connectivity index is 1.65. The number of benzene rings is 3. The smallest absolute Gasteiger partial charge is 0.129 e. The molecule has 1 aliphatic rings. The molecule has 0 amide bonds. The molecule has 0 aliphatic carbocycles.